The maximum Gasteiger partial charge on any atom is 0.306 e. The van der Waals surface area contributed by atoms with E-state index in [1.165, 1.54) is 4.90 Å². The van der Waals surface area contributed by atoms with Crippen molar-refractivity contribution in [2.45, 2.75) is 61.9 Å². The van der Waals surface area contributed by atoms with Crippen molar-refractivity contribution in [3.63, 3.8) is 0 Å². The molecule has 3 aromatic rings. The Balaban J connectivity index is 1.36. The summed E-state index contributed by atoms with van der Waals surface area (Å²) in [4.78, 5) is 59.9. The topological polar surface area (TPSA) is 135 Å². The lowest BCUT2D eigenvalue weighted by atomic mass is 9.70. The molecule has 6 rings (SSSR count). The summed E-state index contributed by atoms with van der Waals surface area (Å²) in [5.74, 6) is -2.96. The van der Waals surface area contributed by atoms with Gasteiger partial charge < -0.3 is 34.4 Å². The van der Waals surface area contributed by atoms with Crippen LogP contribution >= 0.6 is 0 Å². The Labute approximate surface area is 310 Å². The molecule has 11 heteroatoms. The number of anilines is 1. The third-order valence-electron chi connectivity index (χ3n) is 10.6. The number of methoxy groups -OCH3 is 1. The summed E-state index contributed by atoms with van der Waals surface area (Å²) in [6.07, 6.45) is 4.37. The van der Waals surface area contributed by atoms with Crippen molar-refractivity contribution in [3.8, 4) is 5.75 Å². The minimum atomic E-state index is -1.32. The van der Waals surface area contributed by atoms with Gasteiger partial charge in [0, 0.05) is 18.7 Å². The van der Waals surface area contributed by atoms with Crippen molar-refractivity contribution in [2.24, 2.45) is 11.8 Å². The third-order valence-corrected chi connectivity index (χ3v) is 10.6. The molecule has 7 atom stereocenters. The number of carbonyl (C=O) groups is 4. The summed E-state index contributed by atoms with van der Waals surface area (Å²) < 4.78 is 17.6. The lowest BCUT2D eigenvalue weighted by Gasteiger charge is -2.39. The van der Waals surface area contributed by atoms with Crippen molar-refractivity contribution in [1.82, 2.24) is 10.2 Å². The first-order valence-electron chi connectivity index (χ1n) is 18.1. The molecule has 3 aliphatic rings. The van der Waals surface area contributed by atoms with E-state index in [9.17, 15) is 19.5 Å². The minimum Gasteiger partial charge on any atom is -0.497 e. The number of benzene rings is 3. The van der Waals surface area contributed by atoms with Gasteiger partial charge in [-0.05, 0) is 61.1 Å². The Hall–Kier alpha value is -5.26. The highest BCUT2D eigenvalue weighted by molar-refractivity contribution is 6.05. The average molecular weight is 722 g/mol. The lowest BCUT2D eigenvalue weighted by Crippen LogP contribution is -2.59. The van der Waals surface area contributed by atoms with Crippen molar-refractivity contribution in [1.29, 1.82) is 0 Å². The second-order valence-corrected chi connectivity index (χ2v) is 13.7. The smallest absolute Gasteiger partial charge is 0.306 e. The third kappa shape index (κ3) is 7.49. The number of esters is 1. The maximum absolute atomic E-state index is 15.0. The van der Waals surface area contributed by atoms with Crippen LogP contribution in [0.5, 0.6) is 5.75 Å². The Morgan fingerprint density at radius 2 is 1.74 bits per heavy atom. The molecule has 3 saturated heterocycles. The van der Waals surface area contributed by atoms with Gasteiger partial charge in [-0.1, -0.05) is 72.8 Å². The quantitative estimate of drug-likeness (QED) is 0.153. The van der Waals surface area contributed by atoms with E-state index in [-0.39, 0.29) is 26.0 Å². The second-order valence-electron chi connectivity index (χ2n) is 13.7. The van der Waals surface area contributed by atoms with Gasteiger partial charge in [-0.25, -0.2) is 0 Å². The van der Waals surface area contributed by atoms with Crippen LogP contribution in [-0.2, 0) is 35.1 Å². The zero-order chi connectivity index (χ0) is 37.5. The van der Waals surface area contributed by atoms with Crippen molar-refractivity contribution >= 4 is 29.4 Å². The Morgan fingerprint density at radius 3 is 2.38 bits per heavy atom. The van der Waals surface area contributed by atoms with E-state index in [1.54, 1.807) is 48.4 Å². The fraction of sp³-hybridized carbons (Fsp3) is 0.381. The molecule has 11 nitrogen and oxygen atoms in total. The molecule has 0 saturated carbocycles. The van der Waals surface area contributed by atoms with Gasteiger partial charge in [0.2, 0.25) is 11.8 Å². The van der Waals surface area contributed by atoms with Gasteiger partial charge >= 0.3 is 5.97 Å². The van der Waals surface area contributed by atoms with Crippen LogP contribution in [0.3, 0.4) is 0 Å². The van der Waals surface area contributed by atoms with E-state index >= 15 is 4.79 Å². The van der Waals surface area contributed by atoms with Gasteiger partial charge in [0.1, 0.15) is 24.0 Å². The fourth-order valence-corrected chi connectivity index (χ4v) is 8.21. The number of likely N-dealkylation sites (tertiary alicyclic amines) is 1. The van der Waals surface area contributed by atoms with Gasteiger partial charge in [-0.3, -0.25) is 19.2 Å². The minimum absolute atomic E-state index is 0.108. The van der Waals surface area contributed by atoms with E-state index in [0.717, 1.165) is 11.1 Å². The van der Waals surface area contributed by atoms with Crippen LogP contribution in [0.2, 0.25) is 0 Å². The van der Waals surface area contributed by atoms with Gasteiger partial charge in [0.05, 0.1) is 43.7 Å². The highest BCUT2D eigenvalue weighted by Crippen LogP contribution is 2.59. The molecular weight excluding hydrogens is 674 g/mol. The summed E-state index contributed by atoms with van der Waals surface area (Å²) in [6, 6.07) is 23.1. The van der Waals surface area contributed by atoms with Crippen LogP contribution in [0.15, 0.2) is 110 Å². The number of hydrogen-bond acceptors (Lipinski definition) is 8. The van der Waals surface area contributed by atoms with Gasteiger partial charge in [-0.15, -0.1) is 13.2 Å². The maximum atomic E-state index is 15.0. The number of nitrogens with zero attached hydrogens (tertiary/aromatic N) is 2. The van der Waals surface area contributed by atoms with Crippen LogP contribution < -0.4 is 15.0 Å². The number of aliphatic hydroxyl groups excluding tert-OH is 1. The normalized spacial score (nSPS) is 23.8. The standard InChI is InChI=1S/C42H47N3O8/c1-4-6-17-35(47)52-27-33(29-15-11-8-12-16-29)43-39(48)36-34-22-23-42(53-34)37(36)40(49)45(31(26-46)25-28-13-9-7-10-14-28)38(42)41(50)44(24-5-2)30-18-20-32(51-3)21-19-30/h4-5,7-16,18-21,31,33-34,36-38,46H,1-2,6,17,22-27H2,3H3,(H,43,48)/t31-,33-,34-,36+,37+,38-,42+/m1/s1. The Bertz CT molecular complexity index is 1780. The van der Waals surface area contributed by atoms with Crippen LogP contribution in [0.25, 0.3) is 0 Å². The van der Waals surface area contributed by atoms with Crippen LogP contribution in [0, 0.1) is 11.8 Å². The number of rotatable bonds is 17. The first kappa shape index (κ1) is 37.5. The molecule has 0 aliphatic carbocycles. The number of carbonyl (C=O) groups excluding carboxylic acids is 4. The van der Waals surface area contributed by atoms with E-state index < -0.39 is 72.0 Å². The predicted octanol–water partition coefficient (Wildman–Crippen LogP) is 4.56. The molecule has 2 N–H and O–H groups in total. The van der Waals surface area contributed by atoms with Crippen molar-refractivity contribution in [3.05, 3.63) is 121 Å². The summed E-state index contributed by atoms with van der Waals surface area (Å²) in [6.45, 7) is 7.17. The largest absolute Gasteiger partial charge is 0.497 e. The second kappa shape index (κ2) is 16.6. The van der Waals surface area contributed by atoms with E-state index in [2.05, 4.69) is 18.5 Å². The summed E-state index contributed by atoms with van der Waals surface area (Å²) in [5.41, 5.74) is 0.857. The Morgan fingerprint density at radius 1 is 1.04 bits per heavy atom. The molecule has 3 heterocycles. The molecule has 53 heavy (non-hydrogen) atoms. The molecule has 3 amide bonds. The predicted molar refractivity (Wildman–Crippen MR) is 199 cm³/mol. The molecule has 2 bridgehead atoms. The van der Waals surface area contributed by atoms with E-state index in [4.69, 9.17) is 14.2 Å². The highest BCUT2D eigenvalue weighted by atomic mass is 16.5. The molecular formula is C42H47N3O8. The van der Waals surface area contributed by atoms with Crippen LogP contribution in [0.1, 0.15) is 42.9 Å². The molecule has 3 aromatic carbocycles. The zero-order valence-corrected chi connectivity index (χ0v) is 30.0. The van der Waals surface area contributed by atoms with Gasteiger partial charge in [-0.2, -0.15) is 0 Å². The number of aliphatic hydroxyl groups is 1. The lowest BCUT2D eigenvalue weighted by molar-refractivity contribution is -0.146. The molecule has 0 radical (unpaired) electrons. The summed E-state index contributed by atoms with van der Waals surface area (Å²) in [5, 5.41) is 13.9. The molecule has 3 aliphatic heterocycles. The molecule has 3 fully saturated rings. The van der Waals surface area contributed by atoms with E-state index in [0.29, 0.717) is 30.7 Å². The van der Waals surface area contributed by atoms with Gasteiger partial charge in [0.15, 0.2) is 0 Å². The first-order chi connectivity index (χ1) is 25.8. The zero-order valence-electron chi connectivity index (χ0n) is 30.0. The molecule has 0 aromatic heterocycles. The molecule has 278 valence electrons. The van der Waals surface area contributed by atoms with Crippen molar-refractivity contribution < 1.29 is 38.5 Å². The first-order valence-corrected chi connectivity index (χ1v) is 18.1. The van der Waals surface area contributed by atoms with Crippen LogP contribution in [0.4, 0.5) is 5.69 Å². The number of ether oxygens (including phenoxy) is 3. The highest BCUT2D eigenvalue weighted by Gasteiger charge is 2.75. The van der Waals surface area contributed by atoms with Crippen molar-refractivity contribution in [2.75, 3.05) is 31.8 Å². The fourth-order valence-electron chi connectivity index (χ4n) is 8.21. The Kier molecular flexibility index (Phi) is 11.7. The van der Waals surface area contributed by atoms with Gasteiger partial charge in [0.25, 0.3) is 5.91 Å². The monoisotopic (exact) mass is 721 g/mol. The number of fused-ring (bicyclic) bond motifs is 1. The number of allylic oxidation sites excluding steroid dienone is 1. The average Bonchev–Trinajstić information content (AvgIpc) is 3.84. The van der Waals surface area contributed by atoms with E-state index in [1.807, 2.05) is 60.7 Å². The summed E-state index contributed by atoms with van der Waals surface area (Å²) in [7, 11) is 1.56. The number of nitrogens with one attached hydrogen (secondary N) is 1. The molecule has 1 spiro atoms. The number of amides is 3. The SMILES string of the molecule is C=CCCC(=O)OC[C@@H](NC(=O)[C@@H]1[C@H]2C(=O)N([C@@H](CO)Cc3ccccc3)[C@H](C(=O)N(CC=C)c3ccc(OC)cc3)[C@]23CC[C@H]1O3)c1ccccc1. The number of hydrogen-bond donors (Lipinski definition) is 2. The summed E-state index contributed by atoms with van der Waals surface area (Å²) >= 11 is 0. The van der Waals surface area contributed by atoms with Crippen LogP contribution in [-0.4, -0.2) is 84.4 Å². The molecule has 0 unspecified atom stereocenters.